The molecular formula is C21H27ClN2O3S. The van der Waals surface area contributed by atoms with E-state index in [1.54, 1.807) is 29.5 Å². The highest BCUT2D eigenvalue weighted by Gasteiger charge is 2.21. The van der Waals surface area contributed by atoms with E-state index >= 15 is 0 Å². The van der Waals surface area contributed by atoms with Gasteiger partial charge in [-0.15, -0.1) is 11.3 Å². The second-order valence-corrected chi connectivity index (χ2v) is 9.57. The van der Waals surface area contributed by atoms with Gasteiger partial charge in [0.2, 0.25) is 0 Å². The molecule has 152 valence electrons. The van der Waals surface area contributed by atoms with Gasteiger partial charge in [-0.05, 0) is 36.5 Å². The maximum atomic E-state index is 12.9. The summed E-state index contributed by atoms with van der Waals surface area (Å²) in [6, 6.07) is 4.99. The first-order valence-corrected chi connectivity index (χ1v) is 10.7. The monoisotopic (exact) mass is 422 g/mol. The van der Waals surface area contributed by atoms with E-state index < -0.39 is 0 Å². The lowest BCUT2D eigenvalue weighted by Gasteiger charge is -2.22. The van der Waals surface area contributed by atoms with Crippen molar-refractivity contribution in [2.45, 2.75) is 45.6 Å². The number of ether oxygens (including phenoxy) is 2. The van der Waals surface area contributed by atoms with Crippen LogP contribution < -0.4 is 9.54 Å². The fraction of sp³-hybridized carbons (Fsp3) is 0.524. The van der Waals surface area contributed by atoms with E-state index in [0.29, 0.717) is 27.1 Å². The number of benzene rings is 1. The van der Waals surface area contributed by atoms with Crippen LogP contribution in [0.3, 0.4) is 0 Å². The van der Waals surface area contributed by atoms with Crippen molar-refractivity contribution in [3.63, 3.8) is 0 Å². The summed E-state index contributed by atoms with van der Waals surface area (Å²) < 4.78 is 13.0. The fourth-order valence-corrected chi connectivity index (χ4v) is 4.40. The number of carbonyl (C=O) groups excluding carboxylic acids is 1. The molecule has 0 radical (unpaired) electrons. The number of thiazole rings is 1. The third-order valence-corrected chi connectivity index (χ3v) is 6.44. The van der Waals surface area contributed by atoms with Crippen molar-refractivity contribution in [1.29, 1.82) is 0 Å². The predicted molar refractivity (Wildman–Crippen MR) is 112 cm³/mol. The second kappa shape index (κ2) is 8.80. The number of nitrogens with zero attached hydrogens (tertiary/aromatic N) is 2. The molecule has 0 N–H and O–H groups in total. The molecule has 1 aromatic carbocycles. The zero-order valence-electron chi connectivity index (χ0n) is 16.8. The van der Waals surface area contributed by atoms with Gasteiger partial charge in [0.15, 0.2) is 4.80 Å². The Morgan fingerprint density at radius 2 is 2.21 bits per heavy atom. The van der Waals surface area contributed by atoms with Crippen molar-refractivity contribution in [2.75, 3.05) is 20.3 Å². The Hall–Kier alpha value is -1.63. The lowest BCUT2D eigenvalue weighted by atomic mass is 9.95. The quantitative estimate of drug-likeness (QED) is 0.718. The van der Waals surface area contributed by atoms with Crippen molar-refractivity contribution < 1.29 is 14.3 Å². The molecule has 5 nitrogen and oxygen atoms in total. The zero-order valence-corrected chi connectivity index (χ0v) is 18.4. The number of amides is 1. The van der Waals surface area contributed by atoms with Crippen LogP contribution in [0.25, 0.3) is 0 Å². The van der Waals surface area contributed by atoms with Gasteiger partial charge in [-0.3, -0.25) is 4.79 Å². The van der Waals surface area contributed by atoms with Gasteiger partial charge in [0.1, 0.15) is 5.75 Å². The van der Waals surface area contributed by atoms with Crippen molar-refractivity contribution in [3.8, 4) is 5.75 Å². The molecule has 1 saturated heterocycles. The normalized spacial score (nSPS) is 18.3. The Balaban J connectivity index is 2.00. The molecule has 3 rings (SSSR count). The highest BCUT2D eigenvalue weighted by molar-refractivity contribution is 7.09. The average Bonchev–Trinajstić information content (AvgIpc) is 3.05. The maximum Gasteiger partial charge on any atom is 0.283 e. The molecule has 1 fully saturated rings. The van der Waals surface area contributed by atoms with Gasteiger partial charge in [-0.1, -0.05) is 32.4 Å². The van der Waals surface area contributed by atoms with Crippen molar-refractivity contribution in [3.05, 3.63) is 44.7 Å². The molecule has 0 aliphatic carbocycles. The molecule has 0 spiro atoms. The minimum absolute atomic E-state index is 0.0138. The van der Waals surface area contributed by atoms with E-state index in [2.05, 4.69) is 36.5 Å². The Bertz CT molecular complexity index is 905. The number of aromatic nitrogens is 1. The summed E-state index contributed by atoms with van der Waals surface area (Å²) in [6.45, 7) is 8.88. The number of halogens is 1. The number of hydrogen-bond acceptors (Lipinski definition) is 4. The largest absolute Gasteiger partial charge is 0.496 e. The zero-order chi connectivity index (χ0) is 20.3. The van der Waals surface area contributed by atoms with E-state index in [1.165, 1.54) is 12.0 Å². The number of rotatable bonds is 4. The SMILES string of the molecule is COc1ccc(Cl)cc1C(=O)N=c1sc(C(C)(C)C)cn1CC1CCCOC1. The van der Waals surface area contributed by atoms with E-state index in [4.69, 9.17) is 21.1 Å². The molecule has 2 aromatic rings. The van der Waals surface area contributed by atoms with Crippen LogP contribution in [0.4, 0.5) is 0 Å². The molecule has 28 heavy (non-hydrogen) atoms. The second-order valence-electron chi connectivity index (χ2n) is 8.13. The van der Waals surface area contributed by atoms with Crippen molar-refractivity contribution in [2.24, 2.45) is 10.9 Å². The molecule has 2 heterocycles. The molecular weight excluding hydrogens is 396 g/mol. The smallest absolute Gasteiger partial charge is 0.283 e. The lowest BCUT2D eigenvalue weighted by molar-refractivity contribution is 0.0480. The summed E-state index contributed by atoms with van der Waals surface area (Å²) in [5, 5.41) is 0.480. The van der Waals surface area contributed by atoms with Crippen LogP contribution in [0.2, 0.25) is 5.02 Å². The van der Waals surface area contributed by atoms with E-state index in [9.17, 15) is 4.79 Å². The third-order valence-electron chi connectivity index (χ3n) is 4.76. The highest BCUT2D eigenvalue weighted by atomic mass is 35.5. The number of hydrogen-bond donors (Lipinski definition) is 0. The lowest BCUT2D eigenvalue weighted by Crippen LogP contribution is -2.26. The van der Waals surface area contributed by atoms with Crippen LogP contribution >= 0.6 is 22.9 Å². The minimum Gasteiger partial charge on any atom is -0.496 e. The third kappa shape index (κ3) is 5.04. The van der Waals surface area contributed by atoms with E-state index in [0.717, 1.165) is 32.6 Å². The van der Waals surface area contributed by atoms with E-state index in [1.807, 2.05) is 0 Å². The van der Waals surface area contributed by atoms with Gasteiger partial charge in [-0.25, -0.2) is 0 Å². The Labute approximate surface area is 175 Å². The number of carbonyl (C=O) groups is 1. The molecule has 1 aliphatic rings. The fourth-order valence-electron chi connectivity index (χ4n) is 3.17. The van der Waals surface area contributed by atoms with Crippen LogP contribution in [0.15, 0.2) is 29.4 Å². The van der Waals surface area contributed by atoms with Crippen LogP contribution in [0.5, 0.6) is 5.75 Å². The Morgan fingerprint density at radius 1 is 1.43 bits per heavy atom. The summed E-state index contributed by atoms with van der Waals surface area (Å²) in [5.41, 5.74) is 0.355. The summed E-state index contributed by atoms with van der Waals surface area (Å²) in [5.74, 6) is 0.555. The van der Waals surface area contributed by atoms with Crippen molar-refractivity contribution >= 4 is 28.8 Å². The first-order chi connectivity index (χ1) is 13.3. The molecule has 1 unspecified atom stereocenters. The van der Waals surface area contributed by atoms with Crippen LogP contribution in [-0.4, -0.2) is 30.8 Å². The predicted octanol–water partition coefficient (Wildman–Crippen LogP) is 4.68. The first kappa shape index (κ1) is 21.1. The number of methoxy groups -OCH3 is 1. The van der Waals surface area contributed by atoms with Gasteiger partial charge in [0.05, 0.1) is 19.3 Å². The summed E-state index contributed by atoms with van der Waals surface area (Å²) in [7, 11) is 1.53. The molecule has 7 heteroatoms. The summed E-state index contributed by atoms with van der Waals surface area (Å²) in [6.07, 6.45) is 4.33. The Morgan fingerprint density at radius 3 is 2.86 bits per heavy atom. The first-order valence-electron chi connectivity index (χ1n) is 9.49. The molecule has 0 bridgehead atoms. The van der Waals surface area contributed by atoms with E-state index in [-0.39, 0.29) is 11.3 Å². The highest BCUT2D eigenvalue weighted by Crippen LogP contribution is 2.26. The molecule has 1 aliphatic heterocycles. The molecule has 1 atom stereocenters. The van der Waals surface area contributed by atoms with Crippen LogP contribution in [0.1, 0.15) is 48.8 Å². The Kier molecular flexibility index (Phi) is 6.63. The van der Waals surface area contributed by atoms with Gasteiger partial charge < -0.3 is 14.0 Å². The van der Waals surface area contributed by atoms with Gasteiger partial charge in [-0.2, -0.15) is 4.99 Å². The molecule has 0 saturated carbocycles. The molecule has 1 amide bonds. The van der Waals surface area contributed by atoms with Crippen molar-refractivity contribution in [1.82, 2.24) is 4.57 Å². The summed E-state index contributed by atoms with van der Waals surface area (Å²) in [4.78, 5) is 19.2. The van der Waals surface area contributed by atoms with Gasteiger partial charge in [0.25, 0.3) is 5.91 Å². The summed E-state index contributed by atoms with van der Waals surface area (Å²) >= 11 is 7.64. The standard InChI is InChI=1S/C21H27ClN2O3S/c1-21(2,3)18-12-24(11-14-6-5-9-27-13-14)20(28-18)23-19(25)16-10-15(22)7-8-17(16)26-4/h7-8,10,12,14H,5-6,9,11,13H2,1-4H3. The minimum atomic E-state index is -0.352. The maximum absolute atomic E-state index is 12.9. The van der Waals surface area contributed by atoms with Crippen LogP contribution in [0, 0.1) is 5.92 Å². The molecule has 1 aromatic heterocycles. The van der Waals surface area contributed by atoms with Crippen LogP contribution in [-0.2, 0) is 16.7 Å². The van der Waals surface area contributed by atoms with Gasteiger partial charge >= 0.3 is 0 Å². The average molecular weight is 423 g/mol. The van der Waals surface area contributed by atoms with Gasteiger partial charge in [0, 0.05) is 35.2 Å². The topological polar surface area (TPSA) is 52.8 Å².